The Hall–Kier alpha value is -2.37. The van der Waals surface area contributed by atoms with Gasteiger partial charge in [0.2, 0.25) is 11.9 Å². The van der Waals surface area contributed by atoms with Gasteiger partial charge >= 0.3 is 0 Å². The monoisotopic (exact) mass is 217 g/mol. The first-order valence-corrected chi connectivity index (χ1v) is 4.64. The van der Waals surface area contributed by atoms with Crippen LogP contribution in [-0.2, 0) is 0 Å². The van der Waals surface area contributed by atoms with Gasteiger partial charge in [0.1, 0.15) is 5.75 Å². The van der Waals surface area contributed by atoms with Crippen LogP contribution in [0.1, 0.15) is 5.56 Å². The van der Waals surface area contributed by atoms with E-state index in [1.807, 2.05) is 0 Å². The summed E-state index contributed by atoms with van der Waals surface area (Å²) in [6.07, 6.45) is 0. The predicted molar refractivity (Wildman–Crippen MR) is 60.5 cm³/mol. The lowest BCUT2D eigenvalue weighted by Crippen LogP contribution is -2.04. The number of phenolic OH excluding ortho intramolecular Hbond substituents is 1. The number of benzene rings is 1. The molecule has 6 nitrogen and oxygen atoms in total. The Kier molecular flexibility index (Phi) is 2.32. The van der Waals surface area contributed by atoms with Crippen LogP contribution in [0.5, 0.6) is 5.75 Å². The molecule has 0 fully saturated rings. The number of nitrogens with zero attached hydrogens (tertiary/aromatic N) is 3. The van der Waals surface area contributed by atoms with E-state index in [9.17, 15) is 5.11 Å². The average Bonchev–Trinajstić information content (AvgIpc) is 2.20. The van der Waals surface area contributed by atoms with Gasteiger partial charge in [-0.25, -0.2) is 0 Å². The Labute approximate surface area is 92.0 Å². The lowest BCUT2D eigenvalue weighted by Gasteiger charge is -2.06. The molecule has 0 unspecified atom stereocenters. The topological polar surface area (TPSA) is 111 Å². The van der Waals surface area contributed by atoms with Crippen LogP contribution >= 0.6 is 0 Å². The second-order valence-electron chi connectivity index (χ2n) is 3.33. The third kappa shape index (κ3) is 1.72. The number of hydrogen-bond acceptors (Lipinski definition) is 6. The number of nitrogens with two attached hydrogens (primary N) is 2. The molecule has 0 radical (unpaired) electrons. The standard InChI is InChI=1S/C10H11N5O/c1-5-6(3-2-4-7(5)16)8-13-9(11)15-10(12)14-8/h2-4,16H,1H3,(H4,11,12,13,14,15). The van der Waals surface area contributed by atoms with Crippen molar-refractivity contribution in [2.24, 2.45) is 0 Å². The Balaban J connectivity index is 2.63. The fraction of sp³-hybridized carbons (Fsp3) is 0.100. The summed E-state index contributed by atoms with van der Waals surface area (Å²) in [5.41, 5.74) is 12.3. The Morgan fingerprint density at radius 1 is 1.06 bits per heavy atom. The first-order chi connectivity index (χ1) is 7.58. The molecule has 2 rings (SSSR count). The van der Waals surface area contributed by atoms with Crippen molar-refractivity contribution in [2.75, 3.05) is 11.5 Å². The molecule has 2 aromatic rings. The van der Waals surface area contributed by atoms with Crippen LogP contribution < -0.4 is 11.5 Å². The molecule has 1 aromatic carbocycles. The van der Waals surface area contributed by atoms with Gasteiger partial charge in [-0.3, -0.25) is 0 Å². The minimum absolute atomic E-state index is 0.0604. The highest BCUT2D eigenvalue weighted by Crippen LogP contribution is 2.26. The van der Waals surface area contributed by atoms with Crippen LogP contribution in [0.4, 0.5) is 11.9 Å². The van der Waals surface area contributed by atoms with Crippen LogP contribution in [0.25, 0.3) is 11.4 Å². The van der Waals surface area contributed by atoms with E-state index in [-0.39, 0.29) is 17.6 Å². The van der Waals surface area contributed by atoms with E-state index in [4.69, 9.17) is 11.5 Å². The maximum atomic E-state index is 9.57. The number of nitrogen functional groups attached to an aromatic ring is 2. The number of aromatic nitrogens is 3. The Morgan fingerprint density at radius 3 is 2.31 bits per heavy atom. The quantitative estimate of drug-likeness (QED) is 0.649. The van der Waals surface area contributed by atoms with Gasteiger partial charge in [-0.1, -0.05) is 12.1 Å². The van der Waals surface area contributed by atoms with E-state index in [2.05, 4.69) is 15.0 Å². The highest BCUT2D eigenvalue weighted by atomic mass is 16.3. The van der Waals surface area contributed by atoms with Crippen LogP contribution in [-0.4, -0.2) is 20.1 Å². The second kappa shape index (κ2) is 3.65. The Morgan fingerprint density at radius 2 is 1.69 bits per heavy atom. The minimum atomic E-state index is 0.0604. The van der Waals surface area contributed by atoms with Gasteiger partial charge < -0.3 is 16.6 Å². The molecule has 0 atom stereocenters. The van der Waals surface area contributed by atoms with E-state index >= 15 is 0 Å². The zero-order valence-corrected chi connectivity index (χ0v) is 8.68. The maximum Gasteiger partial charge on any atom is 0.225 e. The van der Waals surface area contributed by atoms with Gasteiger partial charge in [0.15, 0.2) is 5.82 Å². The lowest BCUT2D eigenvalue weighted by atomic mass is 10.1. The van der Waals surface area contributed by atoms with Gasteiger partial charge in [0.25, 0.3) is 0 Å². The van der Waals surface area contributed by atoms with E-state index in [1.54, 1.807) is 25.1 Å². The molecule has 0 saturated heterocycles. The number of phenols is 1. The molecule has 5 N–H and O–H groups in total. The van der Waals surface area contributed by atoms with E-state index in [0.717, 1.165) is 0 Å². The van der Waals surface area contributed by atoms with Gasteiger partial charge in [-0.2, -0.15) is 15.0 Å². The van der Waals surface area contributed by atoms with Crippen LogP contribution in [0.3, 0.4) is 0 Å². The van der Waals surface area contributed by atoms with Gasteiger partial charge in [-0.15, -0.1) is 0 Å². The van der Waals surface area contributed by atoms with E-state index < -0.39 is 0 Å². The summed E-state index contributed by atoms with van der Waals surface area (Å²) in [5.74, 6) is 0.656. The molecule has 6 heteroatoms. The third-order valence-electron chi connectivity index (χ3n) is 2.22. The summed E-state index contributed by atoms with van der Waals surface area (Å²) < 4.78 is 0. The molecule has 82 valence electrons. The molecule has 1 heterocycles. The zero-order valence-electron chi connectivity index (χ0n) is 8.68. The molecular weight excluding hydrogens is 206 g/mol. The van der Waals surface area contributed by atoms with Crippen molar-refractivity contribution in [1.29, 1.82) is 0 Å². The number of anilines is 2. The molecular formula is C10H11N5O. The number of rotatable bonds is 1. The maximum absolute atomic E-state index is 9.57. The largest absolute Gasteiger partial charge is 0.508 e. The normalized spacial score (nSPS) is 10.3. The van der Waals surface area contributed by atoms with Gasteiger partial charge in [0, 0.05) is 11.1 Å². The Bertz CT molecular complexity index is 520. The highest BCUT2D eigenvalue weighted by Gasteiger charge is 2.09. The van der Waals surface area contributed by atoms with Gasteiger partial charge in [-0.05, 0) is 13.0 Å². The summed E-state index contributed by atoms with van der Waals surface area (Å²) in [5, 5.41) is 9.57. The third-order valence-corrected chi connectivity index (χ3v) is 2.22. The summed E-state index contributed by atoms with van der Waals surface area (Å²) in [6.45, 7) is 1.76. The van der Waals surface area contributed by atoms with Crippen molar-refractivity contribution in [1.82, 2.24) is 15.0 Å². The van der Waals surface area contributed by atoms with Crippen LogP contribution in [0.2, 0.25) is 0 Å². The SMILES string of the molecule is Cc1c(O)cccc1-c1nc(N)nc(N)n1. The van der Waals surface area contributed by atoms with Gasteiger partial charge in [0.05, 0.1) is 0 Å². The van der Waals surface area contributed by atoms with E-state index in [0.29, 0.717) is 17.0 Å². The summed E-state index contributed by atoms with van der Waals surface area (Å²) in [7, 11) is 0. The fourth-order valence-electron chi connectivity index (χ4n) is 1.40. The highest BCUT2D eigenvalue weighted by molar-refractivity contribution is 5.64. The first-order valence-electron chi connectivity index (χ1n) is 4.64. The molecule has 0 saturated carbocycles. The summed E-state index contributed by atoms with van der Waals surface area (Å²) in [6, 6.07) is 5.07. The molecule has 0 aliphatic rings. The smallest absolute Gasteiger partial charge is 0.225 e. The fourth-order valence-corrected chi connectivity index (χ4v) is 1.40. The molecule has 0 aliphatic carbocycles. The average molecular weight is 217 g/mol. The predicted octanol–water partition coefficient (Wildman–Crippen LogP) is 0.717. The molecule has 0 spiro atoms. The summed E-state index contributed by atoms with van der Waals surface area (Å²) in [4.78, 5) is 11.6. The van der Waals surface area contributed by atoms with Crippen LogP contribution in [0.15, 0.2) is 18.2 Å². The molecule has 0 aliphatic heterocycles. The first kappa shape index (κ1) is 10.2. The van der Waals surface area contributed by atoms with Crippen molar-refractivity contribution >= 4 is 11.9 Å². The summed E-state index contributed by atoms with van der Waals surface area (Å²) >= 11 is 0. The van der Waals surface area contributed by atoms with Crippen molar-refractivity contribution in [2.45, 2.75) is 6.92 Å². The molecule has 0 amide bonds. The van der Waals surface area contributed by atoms with E-state index in [1.165, 1.54) is 0 Å². The lowest BCUT2D eigenvalue weighted by molar-refractivity contribution is 0.471. The zero-order chi connectivity index (χ0) is 11.7. The number of aromatic hydroxyl groups is 1. The minimum Gasteiger partial charge on any atom is -0.508 e. The molecule has 16 heavy (non-hydrogen) atoms. The second-order valence-corrected chi connectivity index (χ2v) is 3.33. The molecule has 1 aromatic heterocycles. The van der Waals surface area contributed by atoms with Crippen LogP contribution in [0, 0.1) is 6.92 Å². The number of hydrogen-bond donors (Lipinski definition) is 3. The van der Waals surface area contributed by atoms with Crippen molar-refractivity contribution in [3.63, 3.8) is 0 Å². The van der Waals surface area contributed by atoms with Crippen molar-refractivity contribution in [3.05, 3.63) is 23.8 Å². The van der Waals surface area contributed by atoms with Crippen molar-refractivity contribution in [3.8, 4) is 17.1 Å². The van der Waals surface area contributed by atoms with Crippen molar-refractivity contribution < 1.29 is 5.11 Å². The molecule has 0 bridgehead atoms.